The van der Waals surface area contributed by atoms with Gasteiger partial charge in [0.2, 0.25) is 0 Å². The summed E-state index contributed by atoms with van der Waals surface area (Å²) in [7, 11) is 0. The van der Waals surface area contributed by atoms with Gasteiger partial charge in [-0.05, 0) is 6.07 Å². The molecule has 0 saturated heterocycles. The maximum Gasteiger partial charge on any atom is 0.335 e. The van der Waals surface area contributed by atoms with Crippen molar-refractivity contribution in [3.8, 4) is 0 Å². The highest BCUT2D eigenvalue weighted by Crippen LogP contribution is 1.91. The summed E-state index contributed by atoms with van der Waals surface area (Å²) in [5.41, 5.74) is 2.65. The number of amides is 1. The normalized spacial score (nSPS) is 9.20. The van der Waals surface area contributed by atoms with Crippen LogP contribution in [0.25, 0.3) is 0 Å². The fourth-order valence-corrected chi connectivity index (χ4v) is 0.511. The monoisotopic (exact) mass is 140 g/mol. The highest BCUT2D eigenvalue weighted by Gasteiger charge is 1.92. The summed E-state index contributed by atoms with van der Waals surface area (Å²) in [6.45, 7) is 0.249. The fourth-order valence-electron chi connectivity index (χ4n) is 0.511. The minimum absolute atomic E-state index is 0.249. The Bertz CT molecular complexity index is 185. The lowest BCUT2D eigenvalue weighted by Crippen LogP contribution is -2.11. The third-order valence-electron chi connectivity index (χ3n) is 0.892. The first-order valence-electron chi connectivity index (χ1n) is 2.66. The highest BCUT2D eigenvalue weighted by molar-refractivity contribution is 5.44. The molecular formula is C5H6N3O2. The number of carbonyl (C=O) groups excluding carboxylic acids is 1. The van der Waals surface area contributed by atoms with Crippen molar-refractivity contribution in [2.24, 2.45) is 0 Å². The predicted molar refractivity (Wildman–Crippen MR) is 32.2 cm³/mol. The SMILES string of the molecule is O=[C]NOCc1cc[nH]n1. The Labute approximate surface area is 57.3 Å². The molecule has 1 rings (SSSR count). The van der Waals surface area contributed by atoms with Gasteiger partial charge in [-0.3, -0.25) is 14.7 Å². The molecule has 1 heterocycles. The van der Waals surface area contributed by atoms with Crippen molar-refractivity contribution in [1.82, 2.24) is 15.7 Å². The van der Waals surface area contributed by atoms with Crippen LogP contribution >= 0.6 is 0 Å². The summed E-state index contributed by atoms with van der Waals surface area (Å²) >= 11 is 0. The number of nitrogens with one attached hydrogen (secondary N) is 2. The number of hydrogen-bond donors (Lipinski definition) is 2. The van der Waals surface area contributed by atoms with Gasteiger partial charge in [-0.25, -0.2) is 5.48 Å². The Hall–Kier alpha value is -1.36. The number of aromatic nitrogens is 2. The van der Waals surface area contributed by atoms with E-state index in [2.05, 4.69) is 15.0 Å². The first kappa shape index (κ1) is 6.76. The van der Waals surface area contributed by atoms with Crippen molar-refractivity contribution >= 4 is 6.41 Å². The zero-order chi connectivity index (χ0) is 7.23. The van der Waals surface area contributed by atoms with Gasteiger partial charge in [0.05, 0.1) is 5.69 Å². The number of rotatable bonds is 4. The lowest BCUT2D eigenvalue weighted by atomic mass is 10.5. The number of nitrogens with zero attached hydrogens (tertiary/aromatic N) is 1. The molecule has 0 atom stereocenters. The predicted octanol–water partition coefficient (Wildman–Crippen LogP) is -0.502. The average Bonchev–Trinajstić information content (AvgIpc) is 2.41. The van der Waals surface area contributed by atoms with Gasteiger partial charge in [0.25, 0.3) is 0 Å². The molecule has 0 aliphatic rings. The van der Waals surface area contributed by atoms with Gasteiger partial charge < -0.3 is 0 Å². The van der Waals surface area contributed by atoms with Gasteiger partial charge in [-0.15, -0.1) is 0 Å². The molecule has 5 heteroatoms. The third-order valence-corrected chi connectivity index (χ3v) is 0.892. The zero-order valence-corrected chi connectivity index (χ0v) is 5.13. The van der Waals surface area contributed by atoms with Crippen molar-refractivity contribution < 1.29 is 9.63 Å². The van der Waals surface area contributed by atoms with E-state index in [1.165, 1.54) is 6.41 Å². The molecule has 0 fully saturated rings. The number of aromatic amines is 1. The van der Waals surface area contributed by atoms with Crippen LogP contribution in [0, 0.1) is 0 Å². The molecule has 5 nitrogen and oxygen atoms in total. The van der Waals surface area contributed by atoms with E-state index < -0.39 is 0 Å². The first-order valence-corrected chi connectivity index (χ1v) is 2.66. The van der Waals surface area contributed by atoms with Crippen LogP contribution in [0.1, 0.15) is 5.69 Å². The number of hydroxylamine groups is 1. The van der Waals surface area contributed by atoms with Gasteiger partial charge in [0.1, 0.15) is 6.61 Å². The molecule has 1 amide bonds. The molecule has 1 aromatic rings. The smallest absolute Gasteiger partial charge is 0.285 e. The molecule has 10 heavy (non-hydrogen) atoms. The summed E-state index contributed by atoms with van der Waals surface area (Å²) < 4.78 is 0. The first-order chi connectivity index (χ1) is 4.93. The van der Waals surface area contributed by atoms with Crippen LogP contribution in [0.15, 0.2) is 12.3 Å². The molecule has 53 valence electrons. The van der Waals surface area contributed by atoms with Crippen molar-refractivity contribution in [3.05, 3.63) is 18.0 Å². The summed E-state index contributed by atoms with van der Waals surface area (Å²) in [4.78, 5) is 14.1. The van der Waals surface area contributed by atoms with Gasteiger partial charge in [-0.2, -0.15) is 5.10 Å². The standard InChI is InChI=1S/C5H6N3O2/c9-4-7-10-3-5-1-2-6-8-5/h1-2H,3H2,(H,6,8)(H,7,9). The second-order valence-electron chi connectivity index (χ2n) is 1.56. The minimum atomic E-state index is 0.249. The van der Waals surface area contributed by atoms with E-state index in [4.69, 9.17) is 0 Å². The number of hydrogen-bond acceptors (Lipinski definition) is 3. The molecule has 0 spiro atoms. The summed E-state index contributed by atoms with van der Waals surface area (Å²) in [6, 6.07) is 1.74. The average molecular weight is 140 g/mol. The van der Waals surface area contributed by atoms with Crippen molar-refractivity contribution in [2.45, 2.75) is 6.61 Å². The molecular weight excluding hydrogens is 134 g/mol. The van der Waals surface area contributed by atoms with E-state index in [0.29, 0.717) is 0 Å². The minimum Gasteiger partial charge on any atom is -0.285 e. The Balaban J connectivity index is 2.21. The van der Waals surface area contributed by atoms with E-state index >= 15 is 0 Å². The summed E-state index contributed by atoms with van der Waals surface area (Å²) in [5.74, 6) is 0. The van der Waals surface area contributed by atoms with E-state index in [1.807, 2.05) is 5.48 Å². The molecule has 0 unspecified atom stereocenters. The van der Waals surface area contributed by atoms with Gasteiger partial charge in [0, 0.05) is 6.20 Å². The quantitative estimate of drug-likeness (QED) is 0.336. The third kappa shape index (κ3) is 1.87. The Morgan fingerprint density at radius 2 is 2.80 bits per heavy atom. The van der Waals surface area contributed by atoms with Crippen LogP contribution in [0.3, 0.4) is 0 Å². The van der Waals surface area contributed by atoms with Gasteiger partial charge in [0.15, 0.2) is 0 Å². The molecule has 0 aromatic carbocycles. The Kier molecular flexibility index (Phi) is 2.45. The topological polar surface area (TPSA) is 67.0 Å². The fraction of sp³-hybridized carbons (Fsp3) is 0.200. The van der Waals surface area contributed by atoms with Crippen LogP contribution < -0.4 is 5.48 Å². The van der Waals surface area contributed by atoms with Gasteiger partial charge >= 0.3 is 6.41 Å². The second-order valence-corrected chi connectivity index (χ2v) is 1.56. The summed E-state index contributed by atoms with van der Waals surface area (Å²) in [6.07, 6.45) is 3.04. The van der Waals surface area contributed by atoms with Crippen molar-refractivity contribution in [3.63, 3.8) is 0 Å². The van der Waals surface area contributed by atoms with Crippen LogP contribution in [-0.4, -0.2) is 16.6 Å². The molecule has 0 saturated carbocycles. The largest absolute Gasteiger partial charge is 0.335 e. The summed E-state index contributed by atoms with van der Waals surface area (Å²) in [5, 5.41) is 6.37. The van der Waals surface area contributed by atoms with E-state index in [1.54, 1.807) is 12.3 Å². The molecule has 0 aliphatic heterocycles. The lowest BCUT2D eigenvalue weighted by molar-refractivity contribution is 0.0669. The number of H-pyrrole nitrogens is 1. The Morgan fingerprint density at radius 3 is 3.40 bits per heavy atom. The lowest BCUT2D eigenvalue weighted by Gasteiger charge is -1.93. The maximum absolute atomic E-state index is 9.54. The van der Waals surface area contributed by atoms with E-state index in [-0.39, 0.29) is 6.61 Å². The van der Waals surface area contributed by atoms with Crippen LogP contribution in [-0.2, 0) is 16.2 Å². The van der Waals surface area contributed by atoms with E-state index in [9.17, 15) is 4.79 Å². The molecule has 1 radical (unpaired) electrons. The maximum atomic E-state index is 9.54. The van der Waals surface area contributed by atoms with E-state index in [0.717, 1.165) is 5.69 Å². The second kappa shape index (κ2) is 3.62. The van der Waals surface area contributed by atoms with Crippen LogP contribution in [0.2, 0.25) is 0 Å². The highest BCUT2D eigenvalue weighted by atomic mass is 16.6. The van der Waals surface area contributed by atoms with Crippen LogP contribution in [0.5, 0.6) is 0 Å². The molecule has 0 bridgehead atoms. The molecule has 2 N–H and O–H groups in total. The van der Waals surface area contributed by atoms with Crippen LogP contribution in [0.4, 0.5) is 0 Å². The molecule has 0 aliphatic carbocycles. The van der Waals surface area contributed by atoms with Crippen molar-refractivity contribution in [2.75, 3.05) is 0 Å². The zero-order valence-electron chi connectivity index (χ0n) is 5.13. The molecule has 1 aromatic heterocycles. The van der Waals surface area contributed by atoms with Crippen molar-refractivity contribution in [1.29, 1.82) is 0 Å². The van der Waals surface area contributed by atoms with Gasteiger partial charge in [-0.1, -0.05) is 0 Å². The Morgan fingerprint density at radius 1 is 1.90 bits per heavy atom.